The van der Waals surface area contributed by atoms with Crippen LogP contribution in [0.2, 0.25) is 0 Å². The second-order valence-corrected chi connectivity index (χ2v) is 4.74. The van der Waals surface area contributed by atoms with Crippen LogP contribution in [0.1, 0.15) is 18.7 Å². The molecule has 1 aromatic heterocycles. The Morgan fingerprint density at radius 3 is 2.71 bits per heavy atom. The Balaban J connectivity index is 2.43. The van der Waals surface area contributed by atoms with Gasteiger partial charge in [0, 0.05) is 13.8 Å². The van der Waals surface area contributed by atoms with Crippen molar-refractivity contribution in [2.75, 3.05) is 6.54 Å². The van der Waals surface area contributed by atoms with E-state index in [-0.39, 0.29) is 0 Å². The molecule has 76 valence electrons. The summed E-state index contributed by atoms with van der Waals surface area (Å²) < 4.78 is 1.12. The summed E-state index contributed by atoms with van der Waals surface area (Å²) in [6.45, 7) is 3.87. The van der Waals surface area contributed by atoms with Gasteiger partial charge < -0.3 is 5.21 Å². The van der Waals surface area contributed by atoms with Crippen molar-refractivity contribution >= 4 is 17.0 Å². The second kappa shape index (κ2) is 3.05. The van der Waals surface area contributed by atoms with Crippen molar-refractivity contribution in [3.8, 4) is 0 Å². The largest absolute Gasteiger partial charge is 0.307 e. The van der Waals surface area contributed by atoms with E-state index in [2.05, 4.69) is 0 Å². The minimum absolute atomic E-state index is 0.351. The molecule has 0 amide bonds. The fourth-order valence-electron chi connectivity index (χ4n) is 1.47. The lowest BCUT2D eigenvalue weighted by Crippen LogP contribution is -2.43. The maximum absolute atomic E-state index is 9.86. The van der Waals surface area contributed by atoms with E-state index in [9.17, 15) is 10.4 Å². The van der Waals surface area contributed by atoms with Gasteiger partial charge in [-0.25, -0.2) is 0 Å². The average molecular weight is 213 g/mol. The van der Waals surface area contributed by atoms with Gasteiger partial charge >= 0.3 is 0 Å². The molecule has 0 aliphatic carbocycles. The molecule has 1 aliphatic heterocycles. The van der Waals surface area contributed by atoms with Gasteiger partial charge in [0.05, 0.1) is 4.88 Å². The maximum atomic E-state index is 9.86. The van der Waals surface area contributed by atoms with E-state index >= 15 is 0 Å². The van der Waals surface area contributed by atoms with Gasteiger partial charge in [0.1, 0.15) is 6.54 Å². The highest BCUT2D eigenvalue weighted by molar-refractivity contribution is 7.12. The summed E-state index contributed by atoms with van der Waals surface area (Å²) in [7, 11) is 0. The number of nitrogens with zero attached hydrogens (tertiary/aromatic N) is 2. The van der Waals surface area contributed by atoms with Crippen LogP contribution in [-0.2, 0) is 0 Å². The van der Waals surface area contributed by atoms with Crippen LogP contribution in [0.25, 0.3) is 0 Å². The third kappa shape index (κ3) is 1.25. The van der Waals surface area contributed by atoms with E-state index in [1.165, 1.54) is 0 Å². The van der Waals surface area contributed by atoms with Crippen LogP contribution < -0.4 is 0 Å². The molecule has 2 N–H and O–H groups in total. The Morgan fingerprint density at radius 1 is 1.57 bits per heavy atom. The van der Waals surface area contributed by atoms with Crippen LogP contribution in [0.3, 0.4) is 0 Å². The Bertz CT molecular complexity index is 370. The van der Waals surface area contributed by atoms with Gasteiger partial charge in [-0.15, -0.1) is 16.4 Å². The van der Waals surface area contributed by atoms with Crippen LogP contribution in [0, 0.1) is 0 Å². The molecule has 2 rings (SSSR count). The number of hydroxylamine groups is 3. The molecule has 1 aliphatic rings. The third-order valence-corrected chi connectivity index (χ3v) is 3.43. The lowest BCUT2D eigenvalue weighted by Gasteiger charge is -2.17. The molecule has 0 saturated carbocycles. The van der Waals surface area contributed by atoms with Gasteiger partial charge in [-0.3, -0.25) is 5.21 Å². The molecule has 0 unspecified atom stereocenters. The van der Waals surface area contributed by atoms with Crippen molar-refractivity contribution in [1.29, 1.82) is 0 Å². The third-order valence-electron chi connectivity index (χ3n) is 2.51. The first-order chi connectivity index (χ1) is 6.53. The summed E-state index contributed by atoms with van der Waals surface area (Å²) >= 11 is 1.55. The van der Waals surface area contributed by atoms with Crippen LogP contribution in [-0.4, -0.2) is 38.1 Å². The minimum Gasteiger partial charge on any atom is -0.307 e. The summed E-state index contributed by atoms with van der Waals surface area (Å²) in [6, 6.07) is 3.85. The molecule has 0 radical (unpaired) electrons. The summed E-state index contributed by atoms with van der Waals surface area (Å²) in [5, 5.41) is 22.5. The lowest BCUT2D eigenvalue weighted by atomic mass is 10.3. The summed E-state index contributed by atoms with van der Waals surface area (Å²) in [5.74, 6) is 0. The van der Waals surface area contributed by atoms with Crippen LogP contribution in [0.4, 0.5) is 0 Å². The van der Waals surface area contributed by atoms with Gasteiger partial charge in [0.15, 0.2) is 0 Å². The van der Waals surface area contributed by atoms with Crippen molar-refractivity contribution in [3.05, 3.63) is 22.4 Å². The van der Waals surface area contributed by atoms with Gasteiger partial charge in [0.25, 0.3) is 11.4 Å². The van der Waals surface area contributed by atoms with E-state index in [0.29, 0.717) is 6.54 Å². The van der Waals surface area contributed by atoms with Crippen molar-refractivity contribution in [1.82, 2.24) is 5.06 Å². The Morgan fingerprint density at radius 2 is 2.29 bits per heavy atom. The van der Waals surface area contributed by atoms with E-state index in [1.807, 2.05) is 17.5 Å². The topological polar surface area (TPSA) is 46.7 Å². The number of hydrogen-bond acceptors (Lipinski definition) is 4. The first-order valence-electron chi connectivity index (χ1n) is 4.39. The predicted octanol–water partition coefficient (Wildman–Crippen LogP) is 1.38. The molecule has 0 atom stereocenters. The molecular formula is C9H13N2O2S+. The molecule has 14 heavy (non-hydrogen) atoms. The quantitative estimate of drug-likeness (QED) is 0.547. The van der Waals surface area contributed by atoms with E-state index in [4.69, 9.17) is 0 Å². The average Bonchev–Trinajstić information content (AvgIpc) is 2.69. The van der Waals surface area contributed by atoms with Crippen molar-refractivity contribution in [3.63, 3.8) is 0 Å². The lowest BCUT2D eigenvalue weighted by molar-refractivity contribution is -0.835. The SMILES string of the molecule is CC1(C)N(O)CC(c2cccs2)=[N+]1O. The summed E-state index contributed by atoms with van der Waals surface area (Å²) in [4.78, 5) is 0.983. The second-order valence-electron chi connectivity index (χ2n) is 3.79. The van der Waals surface area contributed by atoms with E-state index < -0.39 is 5.66 Å². The smallest absolute Gasteiger partial charge is 0.283 e. The van der Waals surface area contributed by atoms with Crippen LogP contribution >= 0.6 is 11.3 Å². The van der Waals surface area contributed by atoms with Gasteiger partial charge in [0.2, 0.25) is 0 Å². The molecular weight excluding hydrogens is 200 g/mol. The fourth-order valence-corrected chi connectivity index (χ4v) is 2.21. The van der Waals surface area contributed by atoms with E-state index in [0.717, 1.165) is 20.4 Å². The van der Waals surface area contributed by atoms with E-state index in [1.54, 1.807) is 25.2 Å². The molecule has 4 nitrogen and oxygen atoms in total. The Hall–Kier alpha value is -0.910. The number of rotatable bonds is 1. The normalized spacial score (nSPS) is 21.9. The Labute approximate surface area is 86.3 Å². The highest BCUT2D eigenvalue weighted by Crippen LogP contribution is 2.23. The van der Waals surface area contributed by atoms with Crippen molar-refractivity contribution in [2.24, 2.45) is 0 Å². The summed E-state index contributed by atoms with van der Waals surface area (Å²) in [6.07, 6.45) is 0. The number of hydrogen-bond donors (Lipinski definition) is 2. The molecule has 0 saturated heterocycles. The molecule has 0 spiro atoms. The Kier molecular flexibility index (Phi) is 2.10. The van der Waals surface area contributed by atoms with Crippen LogP contribution in [0.5, 0.6) is 0 Å². The standard InChI is InChI=1S/C9H13N2O2S/c1-9(2)10(12)6-7(11(9)13)8-4-3-5-14-8/h3-5,12-13H,6H2,1-2H3/q+1. The number of thiophene rings is 1. The molecule has 0 bridgehead atoms. The highest BCUT2D eigenvalue weighted by Gasteiger charge is 2.49. The minimum atomic E-state index is -0.751. The molecule has 2 heterocycles. The molecule has 1 aromatic rings. The zero-order chi connectivity index (χ0) is 10.3. The predicted molar refractivity (Wildman–Crippen MR) is 53.0 cm³/mol. The molecule has 0 aromatic carbocycles. The van der Waals surface area contributed by atoms with Gasteiger partial charge in [-0.05, 0) is 16.2 Å². The van der Waals surface area contributed by atoms with Crippen molar-refractivity contribution < 1.29 is 15.2 Å². The van der Waals surface area contributed by atoms with Gasteiger partial charge in [-0.2, -0.15) is 0 Å². The van der Waals surface area contributed by atoms with Crippen molar-refractivity contribution in [2.45, 2.75) is 19.5 Å². The maximum Gasteiger partial charge on any atom is 0.283 e. The highest BCUT2D eigenvalue weighted by atomic mass is 32.1. The van der Waals surface area contributed by atoms with Crippen LogP contribution in [0.15, 0.2) is 17.5 Å². The molecule has 0 fully saturated rings. The monoisotopic (exact) mass is 213 g/mol. The van der Waals surface area contributed by atoms with Gasteiger partial charge in [-0.1, -0.05) is 6.07 Å². The zero-order valence-electron chi connectivity index (χ0n) is 8.14. The summed E-state index contributed by atoms with van der Waals surface area (Å²) in [5.41, 5.74) is -0.00762. The first-order valence-corrected chi connectivity index (χ1v) is 5.27. The fraction of sp³-hybridized carbons (Fsp3) is 0.444. The zero-order valence-corrected chi connectivity index (χ0v) is 8.95. The molecule has 5 heteroatoms. The first kappa shape index (κ1) is 9.64.